The normalized spacial score (nSPS) is 11.0. The van der Waals surface area contributed by atoms with E-state index in [2.05, 4.69) is 10.5 Å². The second-order valence-electron chi connectivity index (χ2n) is 2.56. The van der Waals surface area contributed by atoms with Crippen LogP contribution in [0.15, 0.2) is 35.4 Å². The van der Waals surface area contributed by atoms with Gasteiger partial charge in [-0.15, -0.1) is 0 Å². The van der Waals surface area contributed by atoms with E-state index >= 15 is 0 Å². The van der Waals surface area contributed by atoms with E-state index in [0.29, 0.717) is 11.4 Å². The van der Waals surface area contributed by atoms with Crippen molar-refractivity contribution in [2.75, 3.05) is 0 Å². The second-order valence-corrected chi connectivity index (χ2v) is 2.56. The van der Waals surface area contributed by atoms with Crippen LogP contribution in [0, 0.1) is 0 Å². The predicted molar refractivity (Wildman–Crippen MR) is 51.2 cm³/mol. The Morgan fingerprint density at radius 3 is 2.54 bits per heavy atom. The van der Waals surface area contributed by atoms with Gasteiger partial charge in [-0.25, -0.2) is 5.43 Å². The van der Waals surface area contributed by atoms with Gasteiger partial charge in [-0.1, -0.05) is 18.2 Å². The van der Waals surface area contributed by atoms with E-state index in [4.69, 9.17) is 5.73 Å². The van der Waals surface area contributed by atoms with Gasteiger partial charge < -0.3 is 5.73 Å². The Bertz CT molecular complexity index is 315. The first-order valence-corrected chi connectivity index (χ1v) is 3.85. The zero-order valence-electron chi connectivity index (χ0n) is 7.32. The number of carbonyl (C=O) groups excluding carboxylic acids is 1. The molecule has 0 saturated heterocycles. The summed E-state index contributed by atoms with van der Waals surface area (Å²) in [7, 11) is 0. The standard InChI is InChI=1S/C9H11N3O/c1-7(10)11-12-9(13)8-5-3-2-4-6-8/h2-6H,1H3,(H2,10,11)(H,12,13). The number of hydrogen-bond donors (Lipinski definition) is 2. The molecule has 0 saturated carbocycles. The predicted octanol–water partition coefficient (Wildman–Crippen LogP) is 0.708. The summed E-state index contributed by atoms with van der Waals surface area (Å²) in [5.41, 5.74) is 8.14. The van der Waals surface area contributed by atoms with Gasteiger partial charge in [-0.3, -0.25) is 4.79 Å². The maximum atomic E-state index is 11.3. The molecular weight excluding hydrogens is 166 g/mol. The van der Waals surface area contributed by atoms with Crippen molar-refractivity contribution in [2.24, 2.45) is 10.8 Å². The molecule has 3 N–H and O–H groups in total. The Morgan fingerprint density at radius 2 is 2.00 bits per heavy atom. The van der Waals surface area contributed by atoms with E-state index in [0.717, 1.165) is 0 Å². The lowest BCUT2D eigenvalue weighted by Gasteiger charge is -1.98. The summed E-state index contributed by atoms with van der Waals surface area (Å²) in [5.74, 6) is 0.0645. The molecule has 0 spiro atoms. The Kier molecular flexibility index (Phi) is 3.03. The molecule has 68 valence electrons. The van der Waals surface area contributed by atoms with Gasteiger partial charge in [0.2, 0.25) is 0 Å². The van der Waals surface area contributed by atoms with Gasteiger partial charge in [0, 0.05) is 5.56 Å². The van der Waals surface area contributed by atoms with Crippen LogP contribution in [-0.2, 0) is 0 Å². The Hall–Kier alpha value is -1.84. The second kappa shape index (κ2) is 4.25. The quantitative estimate of drug-likeness (QED) is 0.397. The number of nitrogens with zero attached hydrogens (tertiary/aromatic N) is 1. The summed E-state index contributed by atoms with van der Waals surface area (Å²) < 4.78 is 0. The molecule has 4 nitrogen and oxygen atoms in total. The maximum absolute atomic E-state index is 11.3. The van der Waals surface area contributed by atoms with Crippen LogP contribution in [-0.4, -0.2) is 11.7 Å². The molecule has 1 amide bonds. The highest BCUT2D eigenvalue weighted by molar-refractivity contribution is 5.94. The molecule has 0 fully saturated rings. The lowest BCUT2D eigenvalue weighted by atomic mass is 10.2. The van der Waals surface area contributed by atoms with Crippen molar-refractivity contribution in [3.05, 3.63) is 35.9 Å². The third-order valence-corrected chi connectivity index (χ3v) is 1.37. The number of hydrazone groups is 1. The highest BCUT2D eigenvalue weighted by Crippen LogP contribution is 1.97. The van der Waals surface area contributed by atoms with Crippen molar-refractivity contribution in [3.63, 3.8) is 0 Å². The molecule has 0 aliphatic rings. The maximum Gasteiger partial charge on any atom is 0.271 e. The van der Waals surface area contributed by atoms with Crippen molar-refractivity contribution >= 4 is 11.7 Å². The number of benzene rings is 1. The van der Waals surface area contributed by atoms with Crippen molar-refractivity contribution in [3.8, 4) is 0 Å². The Balaban J connectivity index is 2.65. The average Bonchev–Trinajstić information content (AvgIpc) is 2.15. The number of hydrogen-bond acceptors (Lipinski definition) is 2. The topological polar surface area (TPSA) is 67.5 Å². The molecule has 1 aromatic carbocycles. The number of rotatable bonds is 2. The van der Waals surface area contributed by atoms with Crippen LogP contribution in [0.5, 0.6) is 0 Å². The summed E-state index contributed by atoms with van der Waals surface area (Å²) in [6.45, 7) is 1.60. The molecule has 0 aliphatic carbocycles. The van der Waals surface area contributed by atoms with Crippen LogP contribution in [0.2, 0.25) is 0 Å². The zero-order chi connectivity index (χ0) is 9.68. The lowest BCUT2D eigenvalue weighted by Crippen LogP contribution is -2.21. The molecular formula is C9H11N3O. The monoisotopic (exact) mass is 177 g/mol. The van der Waals surface area contributed by atoms with Crippen LogP contribution >= 0.6 is 0 Å². The number of nitrogens with one attached hydrogen (secondary N) is 1. The number of amidine groups is 1. The zero-order valence-corrected chi connectivity index (χ0v) is 7.32. The van der Waals surface area contributed by atoms with Gasteiger partial charge in [-0.2, -0.15) is 5.10 Å². The van der Waals surface area contributed by atoms with Gasteiger partial charge in [0.05, 0.1) is 0 Å². The van der Waals surface area contributed by atoms with Crippen LogP contribution in [0.4, 0.5) is 0 Å². The first-order chi connectivity index (χ1) is 6.20. The average molecular weight is 177 g/mol. The van der Waals surface area contributed by atoms with E-state index in [-0.39, 0.29) is 5.91 Å². The number of amides is 1. The van der Waals surface area contributed by atoms with E-state index in [1.54, 1.807) is 31.2 Å². The Morgan fingerprint density at radius 1 is 1.38 bits per heavy atom. The molecule has 13 heavy (non-hydrogen) atoms. The first-order valence-electron chi connectivity index (χ1n) is 3.85. The van der Waals surface area contributed by atoms with Crippen molar-refractivity contribution in [1.82, 2.24) is 5.43 Å². The summed E-state index contributed by atoms with van der Waals surface area (Å²) >= 11 is 0. The van der Waals surface area contributed by atoms with Crippen molar-refractivity contribution in [2.45, 2.75) is 6.92 Å². The van der Waals surface area contributed by atoms with Gasteiger partial charge in [0.25, 0.3) is 5.91 Å². The van der Waals surface area contributed by atoms with E-state index in [1.807, 2.05) is 6.07 Å². The van der Waals surface area contributed by atoms with Crippen molar-refractivity contribution in [1.29, 1.82) is 0 Å². The van der Waals surface area contributed by atoms with E-state index < -0.39 is 0 Å². The minimum Gasteiger partial charge on any atom is -0.386 e. The van der Waals surface area contributed by atoms with E-state index in [1.165, 1.54) is 0 Å². The van der Waals surface area contributed by atoms with Crippen molar-refractivity contribution < 1.29 is 4.79 Å². The third kappa shape index (κ3) is 2.94. The summed E-state index contributed by atoms with van der Waals surface area (Å²) in [6.07, 6.45) is 0. The minimum atomic E-state index is -0.259. The Labute approximate surface area is 76.4 Å². The van der Waals surface area contributed by atoms with Crippen LogP contribution in [0.25, 0.3) is 0 Å². The fourth-order valence-electron chi connectivity index (χ4n) is 0.793. The summed E-state index contributed by atoms with van der Waals surface area (Å²) in [5, 5.41) is 3.60. The van der Waals surface area contributed by atoms with Gasteiger partial charge in [0.15, 0.2) is 0 Å². The highest BCUT2D eigenvalue weighted by Gasteiger charge is 2.01. The summed E-state index contributed by atoms with van der Waals surface area (Å²) in [6, 6.07) is 8.82. The van der Waals surface area contributed by atoms with Gasteiger partial charge >= 0.3 is 0 Å². The summed E-state index contributed by atoms with van der Waals surface area (Å²) in [4.78, 5) is 11.3. The smallest absolute Gasteiger partial charge is 0.271 e. The molecule has 0 aliphatic heterocycles. The SMILES string of the molecule is CC(N)=NNC(=O)c1ccccc1. The fraction of sp³-hybridized carbons (Fsp3) is 0.111. The molecule has 4 heteroatoms. The number of carbonyl (C=O) groups is 1. The molecule has 0 radical (unpaired) electrons. The van der Waals surface area contributed by atoms with Crippen LogP contribution < -0.4 is 11.2 Å². The molecule has 1 aromatic rings. The highest BCUT2D eigenvalue weighted by atomic mass is 16.2. The molecule has 0 atom stereocenters. The first kappa shape index (κ1) is 9.25. The molecule has 0 aromatic heterocycles. The van der Waals surface area contributed by atoms with E-state index in [9.17, 15) is 4.79 Å². The lowest BCUT2D eigenvalue weighted by molar-refractivity contribution is 0.0954. The number of nitrogens with two attached hydrogens (primary N) is 1. The largest absolute Gasteiger partial charge is 0.386 e. The molecule has 0 heterocycles. The van der Waals surface area contributed by atoms with Crippen LogP contribution in [0.1, 0.15) is 17.3 Å². The fourth-order valence-corrected chi connectivity index (χ4v) is 0.793. The third-order valence-electron chi connectivity index (χ3n) is 1.37. The van der Waals surface area contributed by atoms with Gasteiger partial charge in [-0.05, 0) is 19.1 Å². The van der Waals surface area contributed by atoms with Crippen LogP contribution in [0.3, 0.4) is 0 Å². The molecule has 0 bridgehead atoms. The van der Waals surface area contributed by atoms with Gasteiger partial charge in [0.1, 0.15) is 5.84 Å². The molecule has 0 unspecified atom stereocenters. The minimum absolute atomic E-state index is 0.259. The molecule has 1 rings (SSSR count).